The molecule has 0 amide bonds. The summed E-state index contributed by atoms with van der Waals surface area (Å²) in [5.74, 6) is 0. The van der Waals surface area contributed by atoms with Crippen LogP contribution in [0.2, 0.25) is 0 Å². The Kier molecular flexibility index (Phi) is 5.15. The van der Waals surface area contributed by atoms with Crippen molar-refractivity contribution in [2.45, 2.75) is 46.1 Å². The predicted octanol–water partition coefficient (Wildman–Crippen LogP) is 2.71. The largest absolute Gasteiger partial charge is 0.316 e. The minimum Gasteiger partial charge on any atom is -0.316 e. The Morgan fingerprint density at radius 2 is 2.44 bits per heavy atom. The van der Waals surface area contributed by atoms with Crippen LogP contribution in [0.25, 0.3) is 0 Å². The van der Waals surface area contributed by atoms with E-state index in [1.807, 2.05) is 6.20 Å². The molecule has 0 saturated carbocycles. The van der Waals surface area contributed by atoms with E-state index >= 15 is 0 Å². The molecule has 0 aromatic carbocycles. The second kappa shape index (κ2) is 6.64. The van der Waals surface area contributed by atoms with E-state index in [1.165, 1.54) is 43.6 Å². The number of piperidine rings is 1. The topological polar surface area (TPSA) is 37.0 Å². The summed E-state index contributed by atoms with van der Waals surface area (Å²) in [7, 11) is 0. The average Bonchev–Trinajstić information content (AvgIpc) is 2.77. The molecular weight excluding hydrogens is 242 g/mol. The minimum atomic E-state index is 0.479. The van der Waals surface area contributed by atoms with Crippen molar-refractivity contribution in [3.8, 4) is 0 Å². The van der Waals surface area contributed by atoms with Gasteiger partial charge < -0.3 is 10.6 Å². The fraction of sp³-hybridized carbons (Fsp3) is 0.786. The lowest BCUT2D eigenvalue weighted by Crippen LogP contribution is -2.46. The lowest BCUT2D eigenvalue weighted by Gasteiger charge is -2.38. The van der Waals surface area contributed by atoms with Crippen LogP contribution in [-0.2, 0) is 6.54 Å². The highest BCUT2D eigenvalue weighted by atomic mass is 32.1. The van der Waals surface area contributed by atoms with Crippen LogP contribution >= 0.6 is 11.3 Å². The molecule has 2 N–H and O–H groups in total. The van der Waals surface area contributed by atoms with Crippen molar-refractivity contribution in [2.24, 2.45) is 5.41 Å². The van der Waals surface area contributed by atoms with Crippen molar-refractivity contribution < 1.29 is 0 Å². The van der Waals surface area contributed by atoms with E-state index in [0.29, 0.717) is 5.41 Å². The fourth-order valence-electron chi connectivity index (χ4n) is 2.95. The Labute approximate surface area is 114 Å². The smallest absolute Gasteiger partial charge is 0.0897 e. The van der Waals surface area contributed by atoms with Crippen LogP contribution in [-0.4, -0.2) is 24.6 Å². The number of hydrogen-bond donors (Lipinski definition) is 2. The molecule has 1 saturated heterocycles. The first kappa shape index (κ1) is 14.0. The molecule has 0 aliphatic carbocycles. The van der Waals surface area contributed by atoms with Gasteiger partial charge in [-0.1, -0.05) is 13.3 Å². The molecule has 4 heteroatoms. The van der Waals surface area contributed by atoms with Gasteiger partial charge in [0.05, 0.1) is 5.01 Å². The maximum atomic E-state index is 4.30. The molecule has 2 rings (SSSR count). The maximum absolute atomic E-state index is 4.30. The average molecular weight is 267 g/mol. The highest BCUT2D eigenvalue weighted by Crippen LogP contribution is 2.30. The lowest BCUT2D eigenvalue weighted by molar-refractivity contribution is 0.182. The normalized spacial score (nSPS) is 24.3. The first-order valence-corrected chi connectivity index (χ1v) is 7.88. The molecule has 0 radical (unpaired) electrons. The summed E-state index contributed by atoms with van der Waals surface area (Å²) in [6.45, 7) is 8.83. The van der Waals surface area contributed by atoms with Crippen molar-refractivity contribution >= 4 is 11.3 Å². The Bertz CT molecular complexity index is 350. The molecule has 2 heterocycles. The number of rotatable bonds is 6. The zero-order valence-electron chi connectivity index (χ0n) is 11.6. The molecule has 0 bridgehead atoms. The van der Waals surface area contributed by atoms with Gasteiger partial charge in [0.2, 0.25) is 0 Å². The van der Waals surface area contributed by atoms with Gasteiger partial charge >= 0.3 is 0 Å². The number of thiazole rings is 1. The number of hydrogen-bond acceptors (Lipinski definition) is 4. The summed E-state index contributed by atoms with van der Waals surface area (Å²) in [5.41, 5.74) is 0.479. The summed E-state index contributed by atoms with van der Waals surface area (Å²) in [4.78, 5) is 5.65. The van der Waals surface area contributed by atoms with Gasteiger partial charge in [0.15, 0.2) is 0 Å². The quantitative estimate of drug-likeness (QED) is 0.832. The molecule has 18 heavy (non-hydrogen) atoms. The van der Waals surface area contributed by atoms with E-state index < -0.39 is 0 Å². The molecule has 1 aromatic heterocycles. The van der Waals surface area contributed by atoms with Crippen molar-refractivity contribution in [1.29, 1.82) is 0 Å². The number of nitrogens with one attached hydrogen (secondary N) is 2. The van der Waals surface area contributed by atoms with Crippen molar-refractivity contribution in [3.63, 3.8) is 0 Å². The van der Waals surface area contributed by atoms with Gasteiger partial charge in [0.25, 0.3) is 0 Å². The van der Waals surface area contributed by atoms with E-state index in [9.17, 15) is 0 Å². The molecular formula is C14H25N3S. The standard InChI is InChI=1S/C14H25N3S/c1-3-5-14(6-4-7-15-10-14)11-16-8-13-9-17-12(2)18-13/h9,15-16H,3-8,10-11H2,1-2H3. The SMILES string of the molecule is CCCC1(CNCc2cnc(C)s2)CCCNC1. The molecule has 1 aromatic rings. The predicted molar refractivity (Wildman–Crippen MR) is 78.0 cm³/mol. The van der Waals surface area contributed by atoms with Crippen LogP contribution < -0.4 is 10.6 Å². The second-order valence-corrected chi connectivity index (χ2v) is 6.80. The van der Waals surface area contributed by atoms with Crippen LogP contribution in [0, 0.1) is 12.3 Å². The van der Waals surface area contributed by atoms with Gasteiger partial charge in [-0.05, 0) is 38.1 Å². The van der Waals surface area contributed by atoms with Crippen LogP contribution in [0.4, 0.5) is 0 Å². The third kappa shape index (κ3) is 3.77. The number of aryl methyl sites for hydroxylation is 1. The molecule has 1 unspecified atom stereocenters. The second-order valence-electron chi connectivity index (χ2n) is 5.48. The summed E-state index contributed by atoms with van der Waals surface area (Å²) < 4.78 is 0. The van der Waals surface area contributed by atoms with Gasteiger partial charge in [-0.25, -0.2) is 4.98 Å². The van der Waals surface area contributed by atoms with Crippen molar-refractivity contribution in [2.75, 3.05) is 19.6 Å². The van der Waals surface area contributed by atoms with Crippen molar-refractivity contribution in [1.82, 2.24) is 15.6 Å². The summed E-state index contributed by atoms with van der Waals surface area (Å²) >= 11 is 1.80. The van der Waals surface area contributed by atoms with Gasteiger partial charge in [-0.2, -0.15) is 0 Å². The lowest BCUT2D eigenvalue weighted by atomic mass is 9.77. The van der Waals surface area contributed by atoms with Gasteiger partial charge in [0, 0.05) is 30.7 Å². The zero-order valence-corrected chi connectivity index (χ0v) is 12.4. The summed E-state index contributed by atoms with van der Waals surface area (Å²) in [6.07, 6.45) is 7.29. The van der Waals surface area contributed by atoms with Crippen LogP contribution in [0.15, 0.2) is 6.20 Å². The van der Waals surface area contributed by atoms with Crippen LogP contribution in [0.5, 0.6) is 0 Å². The van der Waals surface area contributed by atoms with E-state index in [4.69, 9.17) is 0 Å². The molecule has 1 aliphatic rings. The summed E-state index contributed by atoms with van der Waals surface area (Å²) in [6, 6.07) is 0. The van der Waals surface area contributed by atoms with Gasteiger partial charge in [-0.15, -0.1) is 11.3 Å². The number of aromatic nitrogens is 1. The molecule has 0 spiro atoms. The highest BCUT2D eigenvalue weighted by Gasteiger charge is 2.30. The Morgan fingerprint density at radius 1 is 1.56 bits per heavy atom. The highest BCUT2D eigenvalue weighted by molar-refractivity contribution is 7.11. The molecule has 1 aliphatic heterocycles. The molecule has 102 valence electrons. The Balaban J connectivity index is 1.82. The van der Waals surface area contributed by atoms with Crippen LogP contribution in [0.3, 0.4) is 0 Å². The fourth-order valence-corrected chi connectivity index (χ4v) is 3.72. The first-order chi connectivity index (χ1) is 8.74. The van der Waals surface area contributed by atoms with E-state index in [0.717, 1.165) is 18.1 Å². The minimum absolute atomic E-state index is 0.479. The number of nitrogens with zero attached hydrogens (tertiary/aromatic N) is 1. The van der Waals surface area contributed by atoms with E-state index in [-0.39, 0.29) is 0 Å². The van der Waals surface area contributed by atoms with Gasteiger partial charge in [0.1, 0.15) is 0 Å². The maximum Gasteiger partial charge on any atom is 0.0897 e. The Hall–Kier alpha value is -0.450. The first-order valence-electron chi connectivity index (χ1n) is 7.07. The van der Waals surface area contributed by atoms with E-state index in [2.05, 4.69) is 29.5 Å². The summed E-state index contributed by atoms with van der Waals surface area (Å²) in [5, 5.41) is 8.37. The van der Waals surface area contributed by atoms with Crippen LogP contribution in [0.1, 0.15) is 42.5 Å². The molecule has 3 nitrogen and oxygen atoms in total. The van der Waals surface area contributed by atoms with E-state index in [1.54, 1.807) is 11.3 Å². The molecule has 1 atom stereocenters. The zero-order chi connectivity index (χ0) is 12.8. The third-order valence-corrected chi connectivity index (χ3v) is 4.72. The monoisotopic (exact) mass is 267 g/mol. The Morgan fingerprint density at radius 3 is 3.06 bits per heavy atom. The van der Waals surface area contributed by atoms with Gasteiger partial charge in [-0.3, -0.25) is 0 Å². The third-order valence-electron chi connectivity index (χ3n) is 3.81. The van der Waals surface area contributed by atoms with Crippen molar-refractivity contribution in [3.05, 3.63) is 16.1 Å². The molecule has 1 fully saturated rings.